The van der Waals surface area contributed by atoms with Gasteiger partial charge in [0, 0.05) is 12.0 Å². The predicted molar refractivity (Wildman–Crippen MR) is 64.6 cm³/mol. The van der Waals surface area contributed by atoms with Gasteiger partial charge in [0.05, 0.1) is 0 Å². The average Bonchev–Trinajstić information content (AvgIpc) is 2.19. The van der Waals surface area contributed by atoms with Crippen molar-refractivity contribution in [3.8, 4) is 0 Å². The van der Waals surface area contributed by atoms with Crippen LogP contribution in [-0.2, 0) is 4.79 Å². The second-order valence-corrected chi connectivity index (χ2v) is 4.23. The van der Waals surface area contributed by atoms with Gasteiger partial charge in [0.15, 0.2) is 0 Å². The molecule has 0 saturated carbocycles. The third-order valence-corrected chi connectivity index (χ3v) is 2.76. The van der Waals surface area contributed by atoms with Crippen LogP contribution in [0.15, 0.2) is 0 Å². The number of rotatable bonds is 8. The van der Waals surface area contributed by atoms with E-state index >= 15 is 0 Å². The van der Waals surface area contributed by atoms with Crippen LogP contribution >= 0.6 is 0 Å². The number of unbranched alkanes of at least 4 members (excludes halogenated alkanes) is 1. The normalized spacial score (nSPS) is 14.7. The summed E-state index contributed by atoms with van der Waals surface area (Å²) in [5.41, 5.74) is 5.44. The molecule has 15 heavy (non-hydrogen) atoms. The number of hydrogen-bond acceptors (Lipinski definition) is 2. The molecule has 2 unspecified atom stereocenters. The first-order chi connectivity index (χ1) is 7.15. The number of nitrogens with one attached hydrogen (secondary N) is 1. The molecular formula is C12H26N2O. The first kappa shape index (κ1) is 14.4. The fourth-order valence-corrected chi connectivity index (χ4v) is 1.65. The van der Waals surface area contributed by atoms with Crippen molar-refractivity contribution >= 4 is 5.91 Å². The summed E-state index contributed by atoms with van der Waals surface area (Å²) < 4.78 is 0. The van der Waals surface area contributed by atoms with Crippen molar-refractivity contribution in [1.29, 1.82) is 0 Å². The average molecular weight is 214 g/mol. The number of carbonyl (C=O) groups is 1. The fraction of sp³-hybridized carbons (Fsp3) is 0.917. The van der Waals surface area contributed by atoms with Crippen LogP contribution in [0, 0.1) is 5.92 Å². The van der Waals surface area contributed by atoms with Crippen LogP contribution in [0.2, 0.25) is 0 Å². The SMILES string of the molecule is CCCCC(CC)C(=O)NC(C)CCN. The fourth-order valence-electron chi connectivity index (χ4n) is 1.65. The maximum absolute atomic E-state index is 11.8. The van der Waals surface area contributed by atoms with Gasteiger partial charge in [-0.15, -0.1) is 0 Å². The van der Waals surface area contributed by atoms with Crippen LogP contribution in [0.3, 0.4) is 0 Å². The number of nitrogens with two attached hydrogens (primary N) is 1. The standard InChI is InChI=1S/C12H26N2O/c1-4-6-7-11(5-2)12(15)14-10(3)8-9-13/h10-11H,4-9,13H2,1-3H3,(H,14,15). The molecule has 3 heteroatoms. The molecule has 0 aromatic heterocycles. The Morgan fingerprint density at radius 3 is 2.47 bits per heavy atom. The molecule has 0 aromatic rings. The first-order valence-corrected chi connectivity index (χ1v) is 6.16. The van der Waals surface area contributed by atoms with Crippen molar-refractivity contribution in [2.45, 2.75) is 58.9 Å². The Balaban J connectivity index is 3.91. The summed E-state index contributed by atoms with van der Waals surface area (Å²) in [5.74, 6) is 0.386. The summed E-state index contributed by atoms with van der Waals surface area (Å²) in [6, 6.07) is 0.207. The Morgan fingerprint density at radius 1 is 1.33 bits per heavy atom. The van der Waals surface area contributed by atoms with Gasteiger partial charge < -0.3 is 11.1 Å². The Labute approximate surface area is 93.8 Å². The van der Waals surface area contributed by atoms with Gasteiger partial charge in [-0.1, -0.05) is 26.7 Å². The molecule has 1 amide bonds. The third kappa shape index (κ3) is 6.50. The highest BCUT2D eigenvalue weighted by Gasteiger charge is 2.16. The summed E-state index contributed by atoms with van der Waals surface area (Å²) in [4.78, 5) is 11.8. The lowest BCUT2D eigenvalue weighted by molar-refractivity contribution is -0.126. The molecule has 0 saturated heterocycles. The minimum atomic E-state index is 0.185. The number of carbonyl (C=O) groups excluding carboxylic acids is 1. The van der Waals surface area contributed by atoms with Gasteiger partial charge in [0.1, 0.15) is 0 Å². The molecule has 0 aliphatic carbocycles. The summed E-state index contributed by atoms with van der Waals surface area (Å²) in [7, 11) is 0. The quantitative estimate of drug-likeness (QED) is 0.650. The molecule has 0 spiro atoms. The van der Waals surface area contributed by atoms with E-state index in [1.165, 1.54) is 0 Å². The zero-order valence-corrected chi connectivity index (χ0v) is 10.4. The van der Waals surface area contributed by atoms with E-state index < -0.39 is 0 Å². The van der Waals surface area contributed by atoms with Crippen LogP contribution in [0.1, 0.15) is 52.9 Å². The molecule has 0 aromatic carbocycles. The van der Waals surface area contributed by atoms with Gasteiger partial charge in [0.25, 0.3) is 0 Å². The monoisotopic (exact) mass is 214 g/mol. The smallest absolute Gasteiger partial charge is 0.223 e. The van der Waals surface area contributed by atoms with E-state index in [0.29, 0.717) is 6.54 Å². The predicted octanol–water partition coefficient (Wildman–Crippen LogP) is 2.06. The van der Waals surface area contributed by atoms with E-state index in [9.17, 15) is 4.79 Å². The lowest BCUT2D eigenvalue weighted by Crippen LogP contribution is -2.38. The maximum atomic E-state index is 11.8. The van der Waals surface area contributed by atoms with E-state index in [0.717, 1.165) is 32.1 Å². The Bertz CT molecular complexity index is 171. The lowest BCUT2D eigenvalue weighted by Gasteiger charge is -2.18. The first-order valence-electron chi connectivity index (χ1n) is 6.16. The highest BCUT2D eigenvalue weighted by Crippen LogP contribution is 2.12. The molecule has 90 valence electrons. The van der Waals surface area contributed by atoms with Gasteiger partial charge in [0.2, 0.25) is 5.91 Å². The third-order valence-electron chi connectivity index (χ3n) is 2.76. The summed E-state index contributed by atoms with van der Waals surface area (Å²) >= 11 is 0. The molecule has 0 aliphatic heterocycles. The lowest BCUT2D eigenvalue weighted by atomic mass is 9.98. The van der Waals surface area contributed by atoms with Crippen LogP contribution in [0.25, 0.3) is 0 Å². The molecule has 3 nitrogen and oxygen atoms in total. The van der Waals surface area contributed by atoms with Crippen molar-refractivity contribution in [3.63, 3.8) is 0 Å². The zero-order valence-electron chi connectivity index (χ0n) is 10.4. The minimum absolute atomic E-state index is 0.185. The molecule has 0 bridgehead atoms. The minimum Gasteiger partial charge on any atom is -0.353 e. The van der Waals surface area contributed by atoms with Gasteiger partial charge in [-0.3, -0.25) is 4.79 Å². The number of hydrogen-bond donors (Lipinski definition) is 2. The second-order valence-electron chi connectivity index (χ2n) is 4.23. The van der Waals surface area contributed by atoms with Crippen LogP contribution in [0.5, 0.6) is 0 Å². The van der Waals surface area contributed by atoms with E-state index in [1.54, 1.807) is 0 Å². The second kappa shape index (κ2) is 8.72. The summed E-state index contributed by atoms with van der Waals surface area (Å²) in [6.07, 6.45) is 5.09. The van der Waals surface area contributed by atoms with Gasteiger partial charge in [-0.05, 0) is 32.7 Å². The molecule has 0 aliphatic rings. The van der Waals surface area contributed by atoms with Crippen molar-refractivity contribution in [1.82, 2.24) is 5.32 Å². The Hall–Kier alpha value is -0.570. The van der Waals surface area contributed by atoms with Crippen LogP contribution in [-0.4, -0.2) is 18.5 Å². The molecule has 0 heterocycles. The summed E-state index contributed by atoms with van der Waals surface area (Å²) in [6.45, 7) is 6.87. The van der Waals surface area contributed by atoms with Gasteiger partial charge in [-0.25, -0.2) is 0 Å². The molecular weight excluding hydrogens is 188 g/mol. The van der Waals surface area contributed by atoms with E-state index in [2.05, 4.69) is 19.2 Å². The van der Waals surface area contributed by atoms with Crippen molar-refractivity contribution in [2.24, 2.45) is 11.7 Å². The van der Waals surface area contributed by atoms with Crippen molar-refractivity contribution < 1.29 is 4.79 Å². The van der Waals surface area contributed by atoms with Crippen molar-refractivity contribution in [2.75, 3.05) is 6.54 Å². The molecule has 0 radical (unpaired) electrons. The highest BCUT2D eigenvalue weighted by molar-refractivity contribution is 5.78. The Morgan fingerprint density at radius 2 is 2.00 bits per heavy atom. The molecule has 0 rings (SSSR count). The Kier molecular flexibility index (Phi) is 8.38. The topological polar surface area (TPSA) is 55.1 Å². The largest absolute Gasteiger partial charge is 0.353 e. The van der Waals surface area contributed by atoms with Gasteiger partial charge in [-0.2, -0.15) is 0 Å². The van der Waals surface area contributed by atoms with Gasteiger partial charge >= 0.3 is 0 Å². The number of amides is 1. The molecule has 0 fully saturated rings. The van der Waals surface area contributed by atoms with Crippen LogP contribution < -0.4 is 11.1 Å². The van der Waals surface area contributed by atoms with Crippen molar-refractivity contribution in [3.05, 3.63) is 0 Å². The maximum Gasteiger partial charge on any atom is 0.223 e. The van der Waals surface area contributed by atoms with E-state index in [4.69, 9.17) is 5.73 Å². The zero-order chi connectivity index (χ0) is 11.7. The molecule has 3 N–H and O–H groups in total. The van der Waals surface area contributed by atoms with Crippen LogP contribution in [0.4, 0.5) is 0 Å². The van der Waals surface area contributed by atoms with E-state index in [1.807, 2.05) is 6.92 Å². The van der Waals surface area contributed by atoms with E-state index in [-0.39, 0.29) is 17.9 Å². The molecule has 2 atom stereocenters. The summed E-state index contributed by atoms with van der Waals surface area (Å²) in [5, 5.41) is 3.02. The highest BCUT2D eigenvalue weighted by atomic mass is 16.1.